The fourth-order valence-electron chi connectivity index (χ4n) is 25.9. The van der Waals surface area contributed by atoms with Gasteiger partial charge in [0, 0.05) is 997 Å². The van der Waals surface area contributed by atoms with Crippen molar-refractivity contribution in [2.45, 2.75) is 0 Å². The summed E-state index contributed by atoms with van der Waals surface area (Å²) in [6, 6.07) is 0. The van der Waals surface area contributed by atoms with Gasteiger partial charge in [-0.2, -0.15) is 0 Å². The lowest BCUT2D eigenvalue weighted by atomic mass is 8.16. The Labute approximate surface area is 986 Å². The predicted molar refractivity (Wildman–Crippen MR) is 811 cm³/mol. The van der Waals surface area contributed by atoms with E-state index in [1.165, 1.54) is 0 Å². The average Bonchev–Trinajstić information content (AvgIpc) is 0.695. The van der Waals surface area contributed by atoms with Gasteiger partial charge in [0.25, 0.3) is 0 Å². The van der Waals surface area contributed by atoms with Crippen molar-refractivity contribution in [2.24, 2.45) is 0 Å². The molecule has 0 fully saturated rings. The van der Waals surface area contributed by atoms with E-state index in [1.807, 2.05) is 0 Å². The Kier molecular flexibility index (Phi) is 73.9. The Morgan fingerprint density at radius 2 is 0.113 bits per heavy atom. The highest BCUT2D eigenvalue weighted by atomic mass is 13.5. The summed E-state index contributed by atoms with van der Waals surface area (Å²) < 4.78 is 0. The molecule has 0 bridgehead atoms. The lowest BCUT2D eigenvalue weighted by molar-refractivity contribution is 3.10. The molecule has 0 saturated heterocycles. The van der Waals surface area contributed by atoms with Crippen molar-refractivity contribution in [3.05, 3.63) is 0 Å². The Morgan fingerprint density at radius 1 is 0.0638 bits per heavy atom. The normalized spacial score (nSPS) is 9.87. The van der Waals surface area contributed by atoms with Crippen LogP contribution in [0.3, 0.4) is 0 Å². The third-order valence-electron chi connectivity index (χ3n) is 30.4. The molecule has 141 heteroatoms. The van der Waals surface area contributed by atoms with Crippen molar-refractivity contribution >= 4 is 997 Å². The molecule has 143 radical (unpaired) electrons. The lowest BCUT2D eigenvalue weighted by Gasteiger charge is -2.65. The molecule has 0 unspecified atom stereocenters. The topological polar surface area (TPSA) is 0 Å². The van der Waals surface area contributed by atoms with E-state index in [0.29, 0.717) is 0 Å². The fraction of sp³-hybridized carbons (Fsp3) is 0. The van der Waals surface area contributed by atoms with Crippen LogP contribution in [0.25, 0.3) is 0 Å². The fourth-order valence-corrected chi connectivity index (χ4v) is 25.9. The van der Waals surface area contributed by atoms with Crippen molar-refractivity contribution in [3.8, 4) is 0 Å². The number of rotatable bonds is 69. The van der Waals surface area contributed by atoms with Gasteiger partial charge in [0.15, 0.2) is 0 Å². The summed E-state index contributed by atoms with van der Waals surface area (Å²) in [5.74, 6) is 0. The minimum atomic E-state index is -3.02. The van der Waals surface area contributed by atoms with Crippen molar-refractivity contribution in [3.63, 3.8) is 0 Å². The van der Waals surface area contributed by atoms with E-state index in [-0.39, 0.29) is 0 Å². The summed E-state index contributed by atoms with van der Waals surface area (Å²) in [6.07, 6.45) is -158. The van der Waals surface area contributed by atoms with Crippen molar-refractivity contribution in [1.29, 1.82) is 0 Å². The van der Waals surface area contributed by atoms with Crippen LogP contribution in [-0.4, -0.2) is 997 Å². The molecule has 423 valence electrons. The zero-order valence-corrected chi connectivity index (χ0v) is 81.4. The summed E-state index contributed by atoms with van der Waals surface area (Å²) in [5, 5.41) is 0. The molecule has 0 heterocycles. The van der Waals surface area contributed by atoms with Gasteiger partial charge in [-0.25, -0.2) is 0 Å². The highest BCUT2D eigenvalue weighted by molar-refractivity contribution is 8.48. The summed E-state index contributed by atoms with van der Waals surface area (Å²) in [5.41, 5.74) is 0. The van der Waals surface area contributed by atoms with Crippen molar-refractivity contribution in [2.75, 3.05) is 0 Å². The van der Waals surface area contributed by atoms with Gasteiger partial charge in [0.1, 0.15) is 0 Å². The zero-order valence-electron chi connectivity index (χ0n) is 81.4. The van der Waals surface area contributed by atoms with Crippen LogP contribution >= 0.6 is 0 Å². The molecule has 0 aromatic carbocycles. The second-order valence-electron chi connectivity index (χ2n) is 40.0. The molecule has 0 rings (SSSR count). The van der Waals surface area contributed by atoms with Crippen LogP contribution in [0, 0.1) is 0 Å². The first-order chi connectivity index (χ1) is 64.2. The van der Waals surface area contributed by atoms with E-state index < -0.39 is 441 Å². The highest BCUT2D eigenvalue weighted by Gasteiger charge is 2.73. The summed E-state index contributed by atoms with van der Waals surface area (Å²) in [4.78, 5) is 0. The summed E-state index contributed by atoms with van der Waals surface area (Å²) in [7, 11) is 536. The SMILES string of the molecule is [B][B]B(B([B])[B])B(B(B([B])[B])B([B])[B])B(B(B(B([B])[B])B([B])[B])B(B([B])[B])B([B])[B])B(B(B(B([B])[B])B([B])[B])B(B([B])[B])B([B])[B])B(B(B(B(B([B])[B])B([B])[B])B(B([B])[B])B([B])[B])B(B(B([B])[B])B([B])[B])B(B([B])[B])B([B])[B])B(B(B(B(B([B])[B])B([B])[B])B(B([B])[B])B([B])[B])B(B(B([B])[B])B([B])[B])B(B([B])[B])B([B])[B])B(B(B(B([B])[B])B([B])[B])B(B([B])[B])B([B])[B])B(B(B([B])[B])B([B])[B])B(B([B])[B])B([B])[B]. The monoisotopic (exact) mass is 1550 g/mol. The third-order valence-corrected chi connectivity index (χ3v) is 30.4. The minimum Gasteiger partial charge on any atom is 0 e. The molecule has 0 aliphatic rings. The molecule has 0 atom stereocenters. The molecule has 0 aliphatic heterocycles. The largest absolute Gasteiger partial charge is 0 e. The highest BCUT2D eigenvalue weighted by Crippen LogP contribution is 2.35. The standard InChI is InChI=1S/B141/c1-72-108(73(2)3)126(109(74(4)5)75(6)7)135(127(110(76(8)9)77(10)11)111(78(12)13)79(14)15)139(134(124(104(64)65)105(66)67)125(106(68)69)107(70)71)141(138(132(120(96(48)49)97(50)51)121(98(52)53)99(54)55)133(122(100(56)57)101(58)59)123(102(60)61)103(62)63)140(136(128(112(80(16)17)81(18)19)113(82(20)21)83(22)23)129(114(84(24)25)85(26)27)115(86(28)29)87(30)31)137(130(116(88(32)33)89(34)35)117(90(36)37)91(38)39)131(118(92(40)41)93(42)43)119(94(44)45)95(46)47. The van der Waals surface area contributed by atoms with Crippen LogP contribution in [0.15, 0.2) is 0 Å². The molecule has 0 amide bonds. The maximum absolute atomic E-state index is 7.65. The van der Waals surface area contributed by atoms with Gasteiger partial charge in [0.2, 0.25) is 0 Å². The van der Waals surface area contributed by atoms with E-state index >= 15 is 0 Å². The molecule has 0 aliphatic carbocycles. The van der Waals surface area contributed by atoms with Gasteiger partial charge < -0.3 is 0 Å². The second-order valence-corrected chi connectivity index (χ2v) is 40.0. The number of hydrogen-bond acceptors (Lipinski definition) is 0. The first kappa shape index (κ1) is 150. The molecule has 141 heavy (non-hydrogen) atoms. The third kappa shape index (κ3) is 40.3. The van der Waals surface area contributed by atoms with Crippen molar-refractivity contribution < 1.29 is 0 Å². The smallest absolute Gasteiger partial charge is 0 e. The van der Waals surface area contributed by atoms with Gasteiger partial charge >= 0.3 is 0 Å². The van der Waals surface area contributed by atoms with Gasteiger partial charge in [-0.15, -0.1) is 0 Å². The van der Waals surface area contributed by atoms with E-state index in [9.17, 15) is 0 Å². The van der Waals surface area contributed by atoms with Crippen LogP contribution < -0.4 is 0 Å². The zero-order chi connectivity index (χ0) is 112. The van der Waals surface area contributed by atoms with E-state index in [1.54, 1.807) is 0 Å². The second kappa shape index (κ2) is 69.4. The molecule has 0 nitrogen and oxygen atoms in total. The van der Waals surface area contributed by atoms with Crippen LogP contribution in [0.5, 0.6) is 0 Å². The minimum absolute atomic E-state index is 0.903. The quantitative estimate of drug-likeness (QED) is 0.0533. The lowest BCUT2D eigenvalue weighted by Crippen LogP contribution is -3.03. The Balaban J connectivity index is 18.4. The van der Waals surface area contributed by atoms with Crippen molar-refractivity contribution in [1.82, 2.24) is 0 Å². The molecule has 0 spiro atoms. The molecule has 0 aromatic rings. The van der Waals surface area contributed by atoms with Gasteiger partial charge in [-0.1, -0.05) is 0 Å². The Morgan fingerprint density at radius 3 is 0.163 bits per heavy atom. The van der Waals surface area contributed by atoms with Crippen LogP contribution in [0.4, 0.5) is 0 Å². The van der Waals surface area contributed by atoms with Crippen LogP contribution in [-0.2, 0) is 0 Å². The van der Waals surface area contributed by atoms with E-state index in [2.05, 4.69) is 0 Å². The first-order valence-electron chi connectivity index (χ1n) is 46.7. The van der Waals surface area contributed by atoms with Gasteiger partial charge in [-0.3, -0.25) is 0 Å². The maximum Gasteiger partial charge on any atom is 0 e. The molecule has 0 N–H and O–H groups in total. The van der Waals surface area contributed by atoms with Crippen LogP contribution in [0.2, 0.25) is 0 Å². The average molecular weight is 1520 g/mol. The van der Waals surface area contributed by atoms with Gasteiger partial charge in [0.05, 0.1) is 0 Å². The molecular formula is B141. The van der Waals surface area contributed by atoms with Gasteiger partial charge in [-0.05, 0) is 0 Å². The summed E-state index contributed by atoms with van der Waals surface area (Å²) in [6.45, 7) is 0. The first-order valence-corrected chi connectivity index (χ1v) is 46.7. The van der Waals surface area contributed by atoms with E-state index in [4.69, 9.17) is 549 Å². The Hall–Kier alpha value is 9.16. The van der Waals surface area contributed by atoms with E-state index in [0.717, 1.165) is 7.06 Å². The number of hydrogen-bond donors (Lipinski definition) is 0. The predicted octanol–water partition coefficient (Wildman–Crippen LogP) is -53.7. The molecule has 0 aromatic heterocycles. The maximum atomic E-state index is 7.65. The molecular weight excluding hydrogens is 1520 g/mol. The summed E-state index contributed by atoms with van der Waals surface area (Å²) >= 11 is 0. The van der Waals surface area contributed by atoms with Crippen LogP contribution in [0.1, 0.15) is 0 Å². The Bertz CT molecular complexity index is 2490. The molecule has 0 saturated carbocycles.